The summed E-state index contributed by atoms with van der Waals surface area (Å²) in [5.41, 5.74) is 5.84. The van der Waals surface area contributed by atoms with Gasteiger partial charge in [0.2, 0.25) is 0 Å². The van der Waals surface area contributed by atoms with E-state index in [2.05, 4.69) is 15.5 Å². The second kappa shape index (κ2) is 8.36. The van der Waals surface area contributed by atoms with Crippen LogP contribution in [0.4, 0.5) is 10.5 Å². The predicted octanol–water partition coefficient (Wildman–Crippen LogP) is 1.96. The van der Waals surface area contributed by atoms with Gasteiger partial charge in [-0.1, -0.05) is 11.6 Å². The summed E-state index contributed by atoms with van der Waals surface area (Å²) in [4.78, 5) is 38.1. The van der Waals surface area contributed by atoms with Crippen molar-refractivity contribution in [2.24, 2.45) is 0 Å². The van der Waals surface area contributed by atoms with Gasteiger partial charge in [-0.05, 0) is 38.3 Å². The number of halogens is 1. The minimum atomic E-state index is -0.742. The van der Waals surface area contributed by atoms with Gasteiger partial charge in [-0.15, -0.1) is 0 Å². The Morgan fingerprint density at radius 2 is 2.00 bits per heavy atom. The minimum Gasteiger partial charge on any atom is -0.496 e. The number of benzene rings is 1. The first-order chi connectivity index (χ1) is 13.3. The molecule has 0 saturated carbocycles. The van der Waals surface area contributed by atoms with E-state index in [1.54, 1.807) is 12.1 Å². The Morgan fingerprint density at radius 1 is 1.29 bits per heavy atom. The maximum atomic E-state index is 12.5. The molecule has 9 heteroatoms. The number of methoxy groups -OCH3 is 1. The van der Waals surface area contributed by atoms with Crippen LogP contribution >= 0.6 is 11.6 Å². The van der Waals surface area contributed by atoms with Gasteiger partial charge in [-0.25, -0.2) is 4.79 Å². The molecule has 28 heavy (non-hydrogen) atoms. The summed E-state index contributed by atoms with van der Waals surface area (Å²) >= 11 is 6.03. The number of ether oxygens (including phenoxy) is 1. The van der Waals surface area contributed by atoms with Crippen molar-refractivity contribution in [3.8, 4) is 5.75 Å². The summed E-state index contributed by atoms with van der Waals surface area (Å²) < 4.78 is 5.24. The van der Waals surface area contributed by atoms with Crippen LogP contribution in [0.5, 0.6) is 5.75 Å². The molecule has 2 aliphatic heterocycles. The first kappa shape index (κ1) is 20.4. The van der Waals surface area contributed by atoms with E-state index in [1.165, 1.54) is 7.11 Å². The monoisotopic (exact) mass is 408 g/mol. The number of unbranched alkanes of at least 4 members (excludes halogenated alkanes) is 1. The number of anilines is 1. The fourth-order valence-corrected chi connectivity index (χ4v) is 3.91. The molecule has 4 N–H and O–H groups in total. The quantitative estimate of drug-likeness (QED) is 0.275. The van der Waals surface area contributed by atoms with Crippen molar-refractivity contribution in [1.29, 1.82) is 0 Å². The molecule has 152 valence electrons. The number of hydrogen-bond donors (Lipinski definition) is 3. The standard InChI is InChI=1S/C19H25ClN4O4/c1-28-16-11-14(21)13(20)10-12(16)15(25)4-2-3-7-24-8-5-19(6-9-24)17(26)22-18(27)23-19/h10-11H,2-9,21H2,1H3,(H2,22,23,26,27). The molecule has 2 fully saturated rings. The largest absolute Gasteiger partial charge is 0.496 e. The average molecular weight is 409 g/mol. The number of carbonyl (C=O) groups excluding carboxylic acids is 3. The highest BCUT2D eigenvalue weighted by Crippen LogP contribution is 2.30. The molecule has 3 amide bonds. The van der Waals surface area contributed by atoms with E-state index in [1.807, 2.05) is 0 Å². The zero-order valence-electron chi connectivity index (χ0n) is 15.8. The van der Waals surface area contributed by atoms with Crippen molar-refractivity contribution in [2.45, 2.75) is 37.6 Å². The molecule has 3 rings (SSSR count). The van der Waals surface area contributed by atoms with Crippen molar-refractivity contribution in [3.05, 3.63) is 22.7 Å². The third kappa shape index (κ3) is 4.23. The van der Waals surface area contributed by atoms with Gasteiger partial charge in [0.1, 0.15) is 11.3 Å². The van der Waals surface area contributed by atoms with Crippen LogP contribution in [-0.4, -0.2) is 54.9 Å². The molecule has 1 aromatic carbocycles. The third-order valence-electron chi connectivity index (χ3n) is 5.47. The lowest BCUT2D eigenvalue weighted by atomic mass is 9.87. The number of likely N-dealkylation sites (tertiary alicyclic amines) is 1. The van der Waals surface area contributed by atoms with Crippen LogP contribution in [0.2, 0.25) is 5.02 Å². The summed E-state index contributed by atoms with van der Waals surface area (Å²) in [6, 6.07) is 2.72. The van der Waals surface area contributed by atoms with Gasteiger partial charge < -0.3 is 20.7 Å². The summed E-state index contributed by atoms with van der Waals surface area (Å²) in [5, 5.41) is 5.42. The van der Waals surface area contributed by atoms with E-state index < -0.39 is 11.6 Å². The van der Waals surface area contributed by atoms with Gasteiger partial charge in [0.25, 0.3) is 5.91 Å². The fraction of sp³-hybridized carbons (Fsp3) is 0.526. The molecule has 0 radical (unpaired) electrons. The smallest absolute Gasteiger partial charge is 0.322 e. The number of imide groups is 1. The van der Waals surface area contributed by atoms with Gasteiger partial charge >= 0.3 is 6.03 Å². The number of rotatable bonds is 7. The molecule has 1 aromatic rings. The van der Waals surface area contributed by atoms with Gasteiger partial charge in [0.15, 0.2) is 5.78 Å². The molecule has 1 spiro atoms. The number of carbonyl (C=O) groups is 3. The lowest BCUT2D eigenvalue weighted by molar-refractivity contribution is -0.125. The second-order valence-corrected chi connectivity index (χ2v) is 7.69. The number of nitrogens with one attached hydrogen (secondary N) is 2. The van der Waals surface area contributed by atoms with Crippen molar-refractivity contribution in [3.63, 3.8) is 0 Å². The molecule has 0 aliphatic carbocycles. The maximum absolute atomic E-state index is 12.5. The maximum Gasteiger partial charge on any atom is 0.322 e. The molecule has 2 saturated heterocycles. The lowest BCUT2D eigenvalue weighted by Crippen LogP contribution is -2.54. The summed E-state index contributed by atoms with van der Waals surface area (Å²) in [5.74, 6) is 0.186. The second-order valence-electron chi connectivity index (χ2n) is 7.29. The van der Waals surface area contributed by atoms with E-state index in [9.17, 15) is 14.4 Å². The molecular formula is C19H25ClN4O4. The number of amides is 3. The molecular weight excluding hydrogens is 384 g/mol. The molecule has 0 atom stereocenters. The van der Waals surface area contributed by atoms with E-state index in [4.69, 9.17) is 22.1 Å². The Labute approximate surface area is 168 Å². The Balaban J connectivity index is 1.43. The van der Waals surface area contributed by atoms with Crippen LogP contribution < -0.4 is 21.1 Å². The Bertz CT molecular complexity index is 790. The van der Waals surface area contributed by atoms with Gasteiger partial charge in [0, 0.05) is 25.6 Å². The highest BCUT2D eigenvalue weighted by molar-refractivity contribution is 6.33. The third-order valence-corrected chi connectivity index (χ3v) is 5.80. The lowest BCUT2D eigenvalue weighted by Gasteiger charge is -2.36. The van der Waals surface area contributed by atoms with Crippen LogP contribution in [0.1, 0.15) is 42.5 Å². The topological polar surface area (TPSA) is 114 Å². The number of nitrogen functional groups attached to an aromatic ring is 1. The van der Waals surface area contributed by atoms with Crippen molar-refractivity contribution < 1.29 is 19.1 Å². The number of hydrogen-bond acceptors (Lipinski definition) is 6. The SMILES string of the molecule is COc1cc(N)c(Cl)cc1C(=O)CCCCN1CCC2(CC1)NC(=O)NC2=O. The molecule has 2 heterocycles. The van der Waals surface area contributed by atoms with Crippen LogP contribution in [-0.2, 0) is 4.79 Å². The van der Waals surface area contributed by atoms with Crippen LogP contribution in [0.25, 0.3) is 0 Å². The van der Waals surface area contributed by atoms with Crippen LogP contribution in [0, 0.1) is 0 Å². The molecule has 2 aliphatic rings. The van der Waals surface area contributed by atoms with Crippen molar-refractivity contribution in [2.75, 3.05) is 32.5 Å². The van der Waals surface area contributed by atoms with Gasteiger partial charge in [-0.2, -0.15) is 0 Å². The van der Waals surface area contributed by atoms with Crippen molar-refractivity contribution >= 4 is 35.0 Å². The molecule has 0 aromatic heterocycles. The summed E-state index contributed by atoms with van der Waals surface area (Å²) in [7, 11) is 1.50. The van der Waals surface area contributed by atoms with E-state index in [0.717, 1.165) is 32.5 Å². The normalized spacial score (nSPS) is 18.8. The van der Waals surface area contributed by atoms with E-state index in [-0.39, 0.29) is 11.7 Å². The Kier molecular flexibility index (Phi) is 6.10. The number of piperidine rings is 1. The number of urea groups is 1. The Hall–Kier alpha value is -2.32. The number of ketones is 1. The summed E-state index contributed by atoms with van der Waals surface area (Å²) in [6.45, 7) is 2.32. The first-order valence-electron chi connectivity index (χ1n) is 9.37. The predicted molar refractivity (Wildman–Crippen MR) is 106 cm³/mol. The summed E-state index contributed by atoms with van der Waals surface area (Å²) in [6.07, 6.45) is 3.20. The molecule has 0 unspecified atom stereocenters. The molecule has 8 nitrogen and oxygen atoms in total. The number of nitrogens with zero attached hydrogens (tertiary/aromatic N) is 1. The average Bonchev–Trinajstić information content (AvgIpc) is 2.94. The highest BCUT2D eigenvalue weighted by Gasteiger charge is 2.47. The van der Waals surface area contributed by atoms with Crippen LogP contribution in [0.3, 0.4) is 0 Å². The fourth-order valence-electron chi connectivity index (χ4n) is 3.75. The molecule has 0 bridgehead atoms. The zero-order valence-corrected chi connectivity index (χ0v) is 16.6. The number of nitrogens with two attached hydrogens (primary N) is 1. The first-order valence-corrected chi connectivity index (χ1v) is 9.74. The van der Waals surface area contributed by atoms with Gasteiger partial charge in [0.05, 0.1) is 23.4 Å². The van der Waals surface area contributed by atoms with Crippen molar-refractivity contribution in [1.82, 2.24) is 15.5 Å². The zero-order chi connectivity index (χ0) is 20.3. The van der Waals surface area contributed by atoms with Gasteiger partial charge in [-0.3, -0.25) is 14.9 Å². The van der Waals surface area contributed by atoms with Crippen LogP contribution in [0.15, 0.2) is 12.1 Å². The number of Topliss-reactive ketones (excluding diaryl/α,β-unsaturated/α-hetero) is 1. The minimum absolute atomic E-state index is 0.0262. The highest BCUT2D eigenvalue weighted by atomic mass is 35.5. The van der Waals surface area contributed by atoms with E-state index >= 15 is 0 Å². The Morgan fingerprint density at radius 3 is 2.61 bits per heavy atom. The van der Waals surface area contributed by atoms with E-state index in [0.29, 0.717) is 41.3 Å².